The van der Waals surface area contributed by atoms with Gasteiger partial charge in [0.1, 0.15) is 0 Å². The van der Waals surface area contributed by atoms with E-state index in [0.717, 1.165) is 24.8 Å². The van der Waals surface area contributed by atoms with Crippen molar-refractivity contribution < 1.29 is 0 Å². The Kier molecular flexibility index (Phi) is 2.40. The number of nitrogens with zero attached hydrogens (tertiary/aromatic N) is 2. The third-order valence-electron chi connectivity index (χ3n) is 2.94. The molecular formula is C11H16N2O. The van der Waals surface area contributed by atoms with Gasteiger partial charge in [0.2, 0.25) is 0 Å². The molecular weight excluding hydrogens is 176 g/mol. The predicted octanol–water partition coefficient (Wildman–Crippen LogP) is 2.09. The highest BCUT2D eigenvalue weighted by molar-refractivity contribution is 5.13. The van der Waals surface area contributed by atoms with Gasteiger partial charge in [-0.2, -0.15) is 5.10 Å². The Labute approximate surface area is 83.8 Å². The number of rotatable bonds is 3. The van der Waals surface area contributed by atoms with E-state index in [-0.39, 0.29) is 5.56 Å². The first kappa shape index (κ1) is 9.44. The van der Waals surface area contributed by atoms with Crippen LogP contribution in [0.3, 0.4) is 0 Å². The summed E-state index contributed by atoms with van der Waals surface area (Å²) in [6.07, 6.45) is 4.97. The van der Waals surface area contributed by atoms with Gasteiger partial charge in [-0.15, -0.1) is 0 Å². The summed E-state index contributed by atoms with van der Waals surface area (Å²) in [5, 5.41) is 4.12. The van der Waals surface area contributed by atoms with Crippen LogP contribution in [0.4, 0.5) is 0 Å². The lowest BCUT2D eigenvalue weighted by atomic mass is 10.0. The van der Waals surface area contributed by atoms with Gasteiger partial charge in [-0.25, -0.2) is 4.68 Å². The summed E-state index contributed by atoms with van der Waals surface area (Å²) in [5.41, 5.74) is 1.03. The Balaban J connectivity index is 2.41. The smallest absolute Gasteiger partial charge is 0.267 e. The van der Waals surface area contributed by atoms with Gasteiger partial charge < -0.3 is 0 Å². The quantitative estimate of drug-likeness (QED) is 0.735. The zero-order chi connectivity index (χ0) is 10.1. The molecule has 1 aromatic rings. The van der Waals surface area contributed by atoms with Crippen molar-refractivity contribution in [3.8, 4) is 0 Å². The van der Waals surface area contributed by atoms with Gasteiger partial charge >= 0.3 is 0 Å². The number of hydrogen-bond donors (Lipinski definition) is 0. The summed E-state index contributed by atoms with van der Waals surface area (Å²) in [5.74, 6) is 0.343. The van der Waals surface area contributed by atoms with Crippen LogP contribution in [-0.2, 0) is 0 Å². The molecule has 1 atom stereocenters. The fourth-order valence-corrected chi connectivity index (χ4v) is 1.62. The number of aromatic nitrogens is 2. The minimum Gasteiger partial charge on any atom is -0.267 e. The number of hydrogen-bond acceptors (Lipinski definition) is 2. The van der Waals surface area contributed by atoms with Gasteiger partial charge in [0.05, 0.1) is 6.04 Å². The normalized spacial score (nSPS) is 18.1. The van der Waals surface area contributed by atoms with Crippen LogP contribution in [0, 0.1) is 0 Å². The molecule has 0 spiro atoms. The van der Waals surface area contributed by atoms with Crippen LogP contribution in [0.2, 0.25) is 0 Å². The van der Waals surface area contributed by atoms with Gasteiger partial charge in [-0.3, -0.25) is 4.79 Å². The highest BCUT2D eigenvalue weighted by atomic mass is 16.1. The van der Waals surface area contributed by atoms with E-state index >= 15 is 0 Å². The van der Waals surface area contributed by atoms with Crippen LogP contribution >= 0.6 is 0 Å². The van der Waals surface area contributed by atoms with Crippen LogP contribution in [0.15, 0.2) is 17.1 Å². The summed E-state index contributed by atoms with van der Waals surface area (Å²) in [6, 6.07) is 2.24. The van der Waals surface area contributed by atoms with E-state index in [1.807, 2.05) is 6.07 Å². The van der Waals surface area contributed by atoms with E-state index in [2.05, 4.69) is 18.9 Å². The van der Waals surface area contributed by atoms with Gasteiger partial charge in [0.25, 0.3) is 5.56 Å². The van der Waals surface area contributed by atoms with Gasteiger partial charge in [0, 0.05) is 11.8 Å². The Morgan fingerprint density at radius 1 is 1.64 bits per heavy atom. The first-order valence-electron chi connectivity index (χ1n) is 5.31. The standard InChI is InChI=1S/C11H16N2O/c1-3-8(2)10-6-7-12-13(11(10)14)9-4-5-9/h6-9H,3-5H2,1-2H3. The molecule has 1 fully saturated rings. The Morgan fingerprint density at radius 3 is 2.93 bits per heavy atom. The fraction of sp³-hybridized carbons (Fsp3) is 0.636. The van der Waals surface area contributed by atoms with Crippen molar-refractivity contribution in [2.75, 3.05) is 0 Å². The second-order valence-corrected chi connectivity index (χ2v) is 4.08. The molecule has 1 aromatic heterocycles. The van der Waals surface area contributed by atoms with Crippen molar-refractivity contribution in [2.45, 2.75) is 45.1 Å². The van der Waals surface area contributed by atoms with Crippen molar-refractivity contribution in [3.63, 3.8) is 0 Å². The molecule has 1 saturated carbocycles. The topological polar surface area (TPSA) is 34.9 Å². The summed E-state index contributed by atoms with van der Waals surface area (Å²) < 4.78 is 1.65. The zero-order valence-electron chi connectivity index (χ0n) is 8.73. The second kappa shape index (κ2) is 3.56. The molecule has 3 heteroatoms. The fourth-order valence-electron chi connectivity index (χ4n) is 1.62. The average molecular weight is 192 g/mol. The predicted molar refractivity (Wildman–Crippen MR) is 55.5 cm³/mol. The maximum absolute atomic E-state index is 12.0. The molecule has 2 rings (SSSR count). The lowest BCUT2D eigenvalue weighted by molar-refractivity contribution is 0.577. The third-order valence-corrected chi connectivity index (χ3v) is 2.94. The van der Waals surface area contributed by atoms with E-state index in [4.69, 9.17) is 0 Å². The van der Waals surface area contributed by atoms with E-state index in [9.17, 15) is 4.79 Å². The van der Waals surface area contributed by atoms with Crippen LogP contribution in [0.5, 0.6) is 0 Å². The molecule has 0 N–H and O–H groups in total. The maximum atomic E-state index is 12.0. The zero-order valence-corrected chi connectivity index (χ0v) is 8.73. The monoisotopic (exact) mass is 192 g/mol. The third kappa shape index (κ3) is 1.59. The molecule has 0 saturated heterocycles. The maximum Gasteiger partial charge on any atom is 0.270 e. The van der Waals surface area contributed by atoms with Crippen molar-refractivity contribution in [1.82, 2.24) is 9.78 Å². The van der Waals surface area contributed by atoms with Crippen molar-refractivity contribution in [1.29, 1.82) is 0 Å². The molecule has 1 aliphatic carbocycles. The molecule has 0 aromatic carbocycles. The summed E-state index contributed by atoms with van der Waals surface area (Å²) in [4.78, 5) is 12.0. The van der Waals surface area contributed by atoms with E-state index in [1.165, 1.54) is 0 Å². The molecule has 0 bridgehead atoms. The molecule has 14 heavy (non-hydrogen) atoms. The van der Waals surface area contributed by atoms with Gasteiger partial charge in [-0.05, 0) is 31.2 Å². The molecule has 0 radical (unpaired) electrons. The van der Waals surface area contributed by atoms with E-state index in [1.54, 1.807) is 10.9 Å². The summed E-state index contributed by atoms with van der Waals surface area (Å²) in [6.45, 7) is 4.19. The second-order valence-electron chi connectivity index (χ2n) is 4.08. The van der Waals surface area contributed by atoms with Crippen molar-refractivity contribution in [3.05, 3.63) is 28.2 Å². The molecule has 0 amide bonds. The summed E-state index contributed by atoms with van der Waals surface area (Å²) >= 11 is 0. The Bertz CT molecular complexity index is 379. The Hall–Kier alpha value is -1.12. The average Bonchev–Trinajstić information content (AvgIpc) is 3.01. The SMILES string of the molecule is CCC(C)c1ccnn(C2CC2)c1=O. The lowest BCUT2D eigenvalue weighted by Gasteiger charge is -2.09. The van der Waals surface area contributed by atoms with Gasteiger partial charge in [-0.1, -0.05) is 13.8 Å². The molecule has 1 heterocycles. The van der Waals surface area contributed by atoms with Gasteiger partial charge in [0.15, 0.2) is 0 Å². The Morgan fingerprint density at radius 2 is 2.36 bits per heavy atom. The lowest BCUT2D eigenvalue weighted by Crippen LogP contribution is -2.25. The van der Waals surface area contributed by atoms with Crippen LogP contribution in [0.25, 0.3) is 0 Å². The molecule has 76 valence electrons. The molecule has 0 aliphatic heterocycles. The van der Waals surface area contributed by atoms with Crippen molar-refractivity contribution in [2.24, 2.45) is 0 Å². The molecule has 1 aliphatic rings. The largest absolute Gasteiger partial charge is 0.270 e. The minimum absolute atomic E-state index is 0.115. The first-order chi connectivity index (χ1) is 6.74. The highest BCUT2D eigenvalue weighted by Crippen LogP contribution is 2.32. The molecule has 3 nitrogen and oxygen atoms in total. The van der Waals surface area contributed by atoms with Crippen LogP contribution in [-0.4, -0.2) is 9.78 Å². The van der Waals surface area contributed by atoms with E-state index in [0.29, 0.717) is 12.0 Å². The van der Waals surface area contributed by atoms with E-state index < -0.39 is 0 Å². The van der Waals surface area contributed by atoms with Crippen LogP contribution in [0.1, 0.15) is 50.6 Å². The summed E-state index contributed by atoms with van der Waals surface area (Å²) in [7, 11) is 0. The molecule has 1 unspecified atom stereocenters. The van der Waals surface area contributed by atoms with Crippen molar-refractivity contribution >= 4 is 0 Å². The van der Waals surface area contributed by atoms with Crippen LogP contribution < -0.4 is 5.56 Å². The minimum atomic E-state index is 0.115. The first-order valence-corrected chi connectivity index (χ1v) is 5.31. The highest BCUT2D eigenvalue weighted by Gasteiger charge is 2.26.